The van der Waals surface area contributed by atoms with Crippen LogP contribution in [0.5, 0.6) is 0 Å². The highest BCUT2D eigenvalue weighted by Crippen LogP contribution is 2.43. The predicted octanol–water partition coefficient (Wildman–Crippen LogP) is 3.46. The van der Waals surface area contributed by atoms with Gasteiger partial charge in [0.25, 0.3) is 5.91 Å². The van der Waals surface area contributed by atoms with Gasteiger partial charge in [0, 0.05) is 17.5 Å². The zero-order chi connectivity index (χ0) is 15.5. The van der Waals surface area contributed by atoms with Crippen LogP contribution in [0.15, 0.2) is 12.1 Å². The molecule has 114 valence electrons. The van der Waals surface area contributed by atoms with Crippen molar-refractivity contribution in [2.24, 2.45) is 5.41 Å². The maximum atomic E-state index is 12.2. The molecule has 0 aliphatic heterocycles. The van der Waals surface area contributed by atoms with Crippen molar-refractivity contribution < 1.29 is 14.7 Å². The van der Waals surface area contributed by atoms with Crippen LogP contribution in [-0.2, 0) is 4.79 Å². The molecule has 0 atom stereocenters. The molecule has 4 nitrogen and oxygen atoms in total. The molecule has 1 aromatic rings. The van der Waals surface area contributed by atoms with Gasteiger partial charge in [0.15, 0.2) is 0 Å². The lowest BCUT2D eigenvalue weighted by molar-refractivity contribution is -0.131. The molecule has 0 radical (unpaired) electrons. The maximum absolute atomic E-state index is 12.2. The van der Waals surface area contributed by atoms with E-state index in [4.69, 9.17) is 5.11 Å². The van der Waals surface area contributed by atoms with Gasteiger partial charge in [0.05, 0.1) is 4.88 Å². The van der Waals surface area contributed by atoms with Gasteiger partial charge in [-0.15, -0.1) is 11.3 Å². The van der Waals surface area contributed by atoms with E-state index in [1.54, 1.807) is 6.08 Å². The van der Waals surface area contributed by atoms with Gasteiger partial charge in [-0.3, -0.25) is 4.79 Å². The first kappa shape index (κ1) is 15.8. The molecule has 1 amide bonds. The van der Waals surface area contributed by atoms with Crippen molar-refractivity contribution in [3.8, 4) is 0 Å². The second kappa shape index (κ2) is 6.43. The molecule has 1 heterocycles. The number of carbonyl (C=O) groups is 2. The molecule has 1 aliphatic carbocycles. The van der Waals surface area contributed by atoms with E-state index in [2.05, 4.69) is 12.2 Å². The summed E-state index contributed by atoms with van der Waals surface area (Å²) < 4.78 is 0. The molecule has 0 saturated heterocycles. The second-order valence-corrected chi connectivity index (χ2v) is 6.80. The maximum Gasteiger partial charge on any atom is 0.328 e. The van der Waals surface area contributed by atoms with Gasteiger partial charge in [-0.1, -0.05) is 13.3 Å². The largest absolute Gasteiger partial charge is 0.478 e. The van der Waals surface area contributed by atoms with Crippen molar-refractivity contribution in [3.05, 3.63) is 27.5 Å². The van der Waals surface area contributed by atoms with Crippen LogP contribution in [0.3, 0.4) is 0 Å². The number of nitrogens with one attached hydrogen (secondary N) is 1. The molecule has 1 aromatic heterocycles. The Balaban J connectivity index is 1.99. The number of aliphatic carboxylic acids is 1. The van der Waals surface area contributed by atoms with Gasteiger partial charge < -0.3 is 10.4 Å². The second-order valence-electron chi connectivity index (χ2n) is 5.72. The lowest BCUT2D eigenvalue weighted by Gasteiger charge is -2.41. The van der Waals surface area contributed by atoms with Crippen LogP contribution in [0, 0.1) is 12.3 Å². The SMILES string of the molecule is CCC1(CNC(=O)c2cc(C)c(/C=C/C(=O)O)s2)CCC1. The van der Waals surface area contributed by atoms with Crippen LogP contribution in [0.1, 0.15) is 52.7 Å². The summed E-state index contributed by atoms with van der Waals surface area (Å²) in [5, 5.41) is 11.7. The molecule has 2 N–H and O–H groups in total. The zero-order valence-corrected chi connectivity index (χ0v) is 13.3. The summed E-state index contributed by atoms with van der Waals surface area (Å²) in [6.07, 6.45) is 7.38. The first-order valence-electron chi connectivity index (χ1n) is 7.25. The molecule has 1 fully saturated rings. The molecule has 0 aromatic carbocycles. The van der Waals surface area contributed by atoms with Gasteiger partial charge in [-0.05, 0) is 49.3 Å². The van der Waals surface area contributed by atoms with Crippen LogP contribution >= 0.6 is 11.3 Å². The number of hydrogen-bond acceptors (Lipinski definition) is 3. The Bertz CT molecular complexity index is 565. The summed E-state index contributed by atoms with van der Waals surface area (Å²) in [5.41, 5.74) is 1.23. The van der Waals surface area contributed by atoms with Gasteiger partial charge in [0.1, 0.15) is 0 Å². The van der Waals surface area contributed by atoms with Crippen molar-refractivity contribution in [1.82, 2.24) is 5.32 Å². The molecular formula is C16H21NO3S. The van der Waals surface area contributed by atoms with Crippen LogP contribution in [0.25, 0.3) is 6.08 Å². The van der Waals surface area contributed by atoms with Gasteiger partial charge in [-0.25, -0.2) is 4.79 Å². The number of amides is 1. The molecular weight excluding hydrogens is 286 g/mol. The summed E-state index contributed by atoms with van der Waals surface area (Å²) in [7, 11) is 0. The Kier molecular flexibility index (Phi) is 4.83. The Morgan fingerprint density at radius 2 is 2.19 bits per heavy atom. The topological polar surface area (TPSA) is 66.4 Å². The van der Waals surface area contributed by atoms with E-state index in [0.717, 1.165) is 29.5 Å². The highest BCUT2D eigenvalue weighted by molar-refractivity contribution is 7.15. The number of aryl methyl sites for hydroxylation is 1. The first-order valence-corrected chi connectivity index (χ1v) is 8.07. The fourth-order valence-corrected chi connectivity index (χ4v) is 3.60. The Hall–Kier alpha value is -1.62. The highest BCUT2D eigenvalue weighted by atomic mass is 32.1. The van der Waals surface area contributed by atoms with Crippen LogP contribution in [-0.4, -0.2) is 23.5 Å². The molecule has 1 aliphatic rings. The molecule has 1 saturated carbocycles. The fraction of sp³-hybridized carbons (Fsp3) is 0.500. The molecule has 21 heavy (non-hydrogen) atoms. The minimum absolute atomic E-state index is 0.0576. The number of hydrogen-bond donors (Lipinski definition) is 2. The van der Waals surface area contributed by atoms with Crippen molar-refractivity contribution in [3.63, 3.8) is 0 Å². The minimum atomic E-state index is -0.983. The van der Waals surface area contributed by atoms with E-state index in [-0.39, 0.29) is 5.91 Å². The average Bonchev–Trinajstić information content (AvgIpc) is 2.77. The van der Waals surface area contributed by atoms with Crippen molar-refractivity contribution >= 4 is 29.3 Å². The van der Waals surface area contributed by atoms with Crippen LogP contribution in [0.4, 0.5) is 0 Å². The predicted molar refractivity (Wildman–Crippen MR) is 84.6 cm³/mol. The van der Waals surface area contributed by atoms with E-state index in [9.17, 15) is 9.59 Å². The molecule has 0 unspecified atom stereocenters. The number of thiophene rings is 1. The van der Waals surface area contributed by atoms with Gasteiger partial charge in [0.2, 0.25) is 0 Å². The zero-order valence-electron chi connectivity index (χ0n) is 12.4. The summed E-state index contributed by atoms with van der Waals surface area (Å²) in [4.78, 5) is 24.2. The molecule has 0 bridgehead atoms. The lowest BCUT2D eigenvalue weighted by atomic mass is 9.67. The van der Waals surface area contributed by atoms with Gasteiger partial charge in [-0.2, -0.15) is 0 Å². The number of carboxylic acid groups (broad SMARTS) is 1. The van der Waals surface area contributed by atoms with Crippen molar-refractivity contribution in [2.75, 3.05) is 6.54 Å². The van der Waals surface area contributed by atoms with E-state index in [1.807, 2.05) is 13.0 Å². The molecule has 2 rings (SSSR count). The number of rotatable bonds is 6. The average molecular weight is 307 g/mol. The van der Waals surface area contributed by atoms with Crippen molar-refractivity contribution in [2.45, 2.75) is 39.5 Å². The monoisotopic (exact) mass is 307 g/mol. The smallest absolute Gasteiger partial charge is 0.328 e. The minimum Gasteiger partial charge on any atom is -0.478 e. The standard InChI is InChI=1S/C16H21NO3S/c1-3-16(7-4-8-16)10-17-15(20)13-9-11(2)12(21-13)5-6-14(18)19/h5-6,9H,3-4,7-8,10H2,1-2H3,(H,17,20)(H,18,19)/b6-5+. The highest BCUT2D eigenvalue weighted by Gasteiger charge is 2.35. The normalized spacial score (nSPS) is 16.7. The molecule has 0 spiro atoms. The fourth-order valence-electron chi connectivity index (χ4n) is 2.61. The van der Waals surface area contributed by atoms with Crippen LogP contribution in [0.2, 0.25) is 0 Å². The van der Waals surface area contributed by atoms with E-state index in [0.29, 0.717) is 10.3 Å². The Morgan fingerprint density at radius 3 is 2.71 bits per heavy atom. The Labute approximate surface area is 128 Å². The third kappa shape index (κ3) is 3.73. The summed E-state index contributed by atoms with van der Waals surface area (Å²) in [5.74, 6) is -1.04. The van der Waals surface area contributed by atoms with Crippen LogP contribution < -0.4 is 5.32 Å². The van der Waals surface area contributed by atoms with E-state index >= 15 is 0 Å². The summed E-state index contributed by atoms with van der Waals surface area (Å²) in [6, 6.07) is 1.82. The van der Waals surface area contributed by atoms with Gasteiger partial charge >= 0.3 is 5.97 Å². The quantitative estimate of drug-likeness (QED) is 0.791. The van der Waals surface area contributed by atoms with E-state index < -0.39 is 5.97 Å². The lowest BCUT2D eigenvalue weighted by Crippen LogP contribution is -2.41. The third-order valence-corrected chi connectivity index (χ3v) is 5.55. The van der Waals surface area contributed by atoms with Crippen molar-refractivity contribution in [1.29, 1.82) is 0 Å². The summed E-state index contributed by atoms with van der Waals surface area (Å²) in [6.45, 7) is 4.79. The molecule has 5 heteroatoms. The first-order chi connectivity index (χ1) is 9.96. The summed E-state index contributed by atoms with van der Waals surface area (Å²) >= 11 is 1.33. The third-order valence-electron chi connectivity index (χ3n) is 4.35. The number of carbonyl (C=O) groups excluding carboxylic acids is 1. The number of carboxylic acids is 1. The Morgan fingerprint density at radius 1 is 1.48 bits per heavy atom. The van der Waals surface area contributed by atoms with E-state index in [1.165, 1.54) is 30.6 Å².